The molecule has 0 saturated carbocycles. The summed E-state index contributed by atoms with van der Waals surface area (Å²) in [5.74, 6) is 1.68. The number of ether oxygens (including phenoxy) is 2. The summed E-state index contributed by atoms with van der Waals surface area (Å²) in [6.45, 7) is 1.73. The van der Waals surface area contributed by atoms with Gasteiger partial charge in [0, 0.05) is 17.8 Å². The van der Waals surface area contributed by atoms with Crippen molar-refractivity contribution in [3.63, 3.8) is 0 Å². The Balaban J connectivity index is 1.61. The van der Waals surface area contributed by atoms with Crippen molar-refractivity contribution in [3.8, 4) is 23.0 Å². The van der Waals surface area contributed by atoms with Crippen molar-refractivity contribution in [2.75, 3.05) is 6.79 Å². The van der Waals surface area contributed by atoms with Gasteiger partial charge in [0.1, 0.15) is 0 Å². The lowest BCUT2D eigenvalue weighted by atomic mass is 10.1. The van der Waals surface area contributed by atoms with Crippen LogP contribution in [0.25, 0.3) is 11.5 Å². The molecule has 0 atom stereocenters. The zero-order valence-corrected chi connectivity index (χ0v) is 13.3. The molecule has 0 amide bonds. The Kier molecular flexibility index (Phi) is 3.57. The maximum atomic E-state index is 12.5. The molecule has 8 nitrogen and oxygen atoms in total. The van der Waals surface area contributed by atoms with E-state index in [0.717, 1.165) is 0 Å². The van der Waals surface area contributed by atoms with E-state index in [1.165, 1.54) is 16.8 Å². The lowest BCUT2D eigenvalue weighted by Crippen LogP contribution is -2.23. The molecule has 2 aromatic heterocycles. The quantitative estimate of drug-likeness (QED) is 0.669. The number of nitrogens with zero attached hydrogens (tertiary/aromatic N) is 3. The summed E-state index contributed by atoms with van der Waals surface area (Å²) in [6, 6.07) is 7.88. The zero-order chi connectivity index (χ0) is 17.4. The van der Waals surface area contributed by atoms with E-state index in [1.54, 1.807) is 31.2 Å². The highest BCUT2D eigenvalue weighted by Gasteiger charge is 2.17. The van der Waals surface area contributed by atoms with Crippen LogP contribution in [0.2, 0.25) is 0 Å². The second-order valence-corrected chi connectivity index (χ2v) is 5.52. The molecule has 0 spiro atoms. The van der Waals surface area contributed by atoms with Crippen molar-refractivity contribution in [2.24, 2.45) is 0 Å². The number of hydrogen-bond donors (Lipinski definition) is 0. The third-order valence-corrected chi connectivity index (χ3v) is 3.77. The number of carbonyl (C=O) groups is 1. The number of carbonyl (C=O) groups excluding carboxylic acids is 1. The van der Waals surface area contributed by atoms with Gasteiger partial charge in [-0.1, -0.05) is 5.16 Å². The van der Waals surface area contributed by atoms with Crippen molar-refractivity contribution in [1.82, 2.24) is 14.7 Å². The molecule has 126 valence electrons. The summed E-state index contributed by atoms with van der Waals surface area (Å²) < 4.78 is 16.9. The highest BCUT2D eigenvalue weighted by molar-refractivity contribution is 5.96. The molecule has 0 bridgehead atoms. The summed E-state index contributed by atoms with van der Waals surface area (Å²) in [5, 5.41) is 3.72. The average Bonchev–Trinajstić information content (AvgIpc) is 3.24. The van der Waals surface area contributed by atoms with Gasteiger partial charge in [-0.2, -0.15) is 4.98 Å². The minimum atomic E-state index is -0.297. The van der Waals surface area contributed by atoms with Crippen LogP contribution < -0.4 is 15.0 Å². The number of aryl methyl sites for hydroxylation is 1. The number of ketones is 1. The molecule has 3 aromatic rings. The maximum Gasteiger partial charge on any atom is 0.259 e. The predicted molar refractivity (Wildman–Crippen MR) is 85.6 cm³/mol. The Bertz CT molecular complexity index is 1020. The zero-order valence-electron chi connectivity index (χ0n) is 13.3. The number of Topliss-reactive ketones (excluding diaryl/α,β-unsaturated/α-hetero) is 1. The monoisotopic (exact) mass is 339 g/mol. The van der Waals surface area contributed by atoms with Gasteiger partial charge in [-0.3, -0.25) is 9.59 Å². The van der Waals surface area contributed by atoms with E-state index in [2.05, 4.69) is 10.1 Å². The fourth-order valence-corrected chi connectivity index (χ4v) is 2.51. The Morgan fingerprint density at radius 1 is 1.20 bits per heavy atom. The molecular formula is C17H13N3O5. The minimum Gasteiger partial charge on any atom is -0.454 e. The van der Waals surface area contributed by atoms with E-state index in [0.29, 0.717) is 34.3 Å². The summed E-state index contributed by atoms with van der Waals surface area (Å²) in [6.07, 6.45) is 1.53. The van der Waals surface area contributed by atoms with Gasteiger partial charge in [-0.25, -0.2) is 0 Å². The van der Waals surface area contributed by atoms with Crippen LogP contribution in [-0.4, -0.2) is 27.3 Å². The van der Waals surface area contributed by atoms with Gasteiger partial charge in [0.05, 0.1) is 12.1 Å². The summed E-state index contributed by atoms with van der Waals surface area (Å²) in [4.78, 5) is 28.7. The van der Waals surface area contributed by atoms with Crippen LogP contribution in [0.15, 0.2) is 45.8 Å². The molecular weight excluding hydrogens is 326 g/mol. The Morgan fingerprint density at radius 3 is 2.84 bits per heavy atom. The first kappa shape index (κ1) is 15.1. The van der Waals surface area contributed by atoms with E-state index in [9.17, 15) is 9.59 Å². The summed E-state index contributed by atoms with van der Waals surface area (Å²) in [7, 11) is 0. The third kappa shape index (κ3) is 2.89. The van der Waals surface area contributed by atoms with Crippen molar-refractivity contribution >= 4 is 5.78 Å². The van der Waals surface area contributed by atoms with E-state index < -0.39 is 0 Å². The van der Waals surface area contributed by atoms with Gasteiger partial charge in [0.25, 0.3) is 11.4 Å². The van der Waals surface area contributed by atoms with Gasteiger partial charge in [-0.15, -0.1) is 0 Å². The number of aromatic nitrogens is 3. The molecule has 1 aliphatic rings. The fourth-order valence-electron chi connectivity index (χ4n) is 2.51. The number of rotatable bonds is 4. The van der Waals surface area contributed by atoms with E-state index in [4.69, 9.17) is 14.0 Å². The molecule has 0 radical (unpaired) electrons. The third-order valence-electron chi connectivity index (χ3n) is 3.77. The van der Waals surface area contributed by atoms with Crippen LogP contribution in [0.1, 0.15) is 16.2 Å². The SMILES string of the molecule is Cc1noc(-c2ccc(=O)n(CC(=O)c3ccc4c(c3)OCO4)c2)n1. The summed E-state index contributed by atoms with van der Waals surface area (Å²) in [5.41, 5.74) is 0.711. The van der Waals surface area contributed by atoms with Gasteiger partial charge in [0.15, 0.2) is 23.1 Å². The molecule has 25 heavy (non-hydrogen) atoms. The van der Waals surface area contributed by atoms with E-state index in [-0.39, 0.29) is 24.7 Å². The highest BCUT2D eigenvalue weighted by Crippen LogP contribution is 2.32. The van der Waals surface area contributed by atoms with Crippen LogP contribution in [0.5, 0.6) is 11.5 Å². The first-order valence-corrected chi connectivity index (χ1v) is 7.54. The minimum absolute atomic E-state index is 0.112. The van der Waals surface area contributed by atoms with E-state index in [1.807, 2.05) is 0 Å². The predicted octanol–water partition coefficient (Wildman–Crippen LogP) is 1.82. The lowest BCUT2D eigenvalue weighted by molar-refractivity contribution is 0.0970. The number of fused-ring (bicyclic) bond motifs is 1. The van der Waals surface area contributed by atoms with Gasteiger partial charge >= 0.3 is 0 Å². The Hall–Kier alpha value is -3.42. The second kappa shape index (κ2) is 5.90. The number of hydrogen-bond acceptors (Lipinski definition) is 7. The van der Waals surface area contributed by atoms with E-state index >= 15 is 0 Å². The average molecular weight is 339 g/mol. The largest absolute Gasteiger partial charge is 0.454 e. The van der Waals surface area contributed by atoms with Crippen molar-refractivity contribution in [1.29, 1.82) is 0 Å². The summed E-state index contributed by atoms with van der Waals surface area (Å²) >= 11 is 0. The number of benzene rings is 1. The molecule has 0 aliphatic carbocycles. The Morgan fingerprint density at radius 2 is 2.04 bits per heavy atom. The number of pyridine rings is 1. The molecule has 0 fully saturated rings. The lowest BCUT2D eigenvalue weighted by Gasteiger charge is -2.07. The van der Waals surface area contributed by atoms with Crippen LogP contribution in [0.4, 0.5) is 0 Å². The van der Waals surface area contributed by atoms with Gasteiger partial charge in [0.2, 0.25) is 6.79 Å². The van der Waals surface area contributed by atoms with Gasteiger partial charge < -0.3 is 18.6 Å². The van der Waals surface area contributed by atoms with Crippen molar-refractivity contribution in [3.05, 3.63) is 58.3 Å². The molecule has 8 heteroatoms. The highest BCUT2D eigenvalue weighted by atomic mass is 16.7. The Labute approximate surface area is 141 Å². The van der Waals surface area contributed by atoms with Gasteiger partial charge in [-0.05, 0) is 31.2 Å². The standard InChI is InChI=1S/C17H13N3O5/c1-10-18-17(25-19-10)12-3-5-16(22)20(7-12)8-13(21)11-2-4-14-15(6-11)24-9-23-14/h2-7H,8-9H2,1H3. The molecule has 0 saturated heterocycles. The molecule has 3 heterocycles. The van der Waals surface area contributed by atoms with Crippen molar-refractivity contribution < 1.29 is 18.8 Å². The fraction of sp³-hybridized carbons (Fsp3) is 0.176. The van der Waals surface area contributed by atoms with Crippen LogP contribution >= 0.6 is 0 Å². The smallest absolute Gasteiger partial charge is 0.259 e. The maximum absolute atomic E-state index is 12.5. The molecule has 0 N–H and O–H groups in total. The first-order chi connectivity index (χ1) is 12.1. The molecule has 4 rings (SSSR count). The van der Waals surface area contributed by atoms with Crippen molar-refractivity contribution in [2.45, 2.75) is 13.5 Å². The van der Waals surface area contributed by atoms with Crippen LogP contribution in [0.3, 0.4) is 0 Å². The molecule has 0 unspecified atom stereocenters. The van der Waals surface area contributed by atoms with Crippen LogP contribution in [-0.2, 0) is 6.54 Å². The second-order valence-electron chi connectivity index (χ2n) is 5.52. The normalized spacial score (nSPS) is 12.4. The molecule has 1 aliphatic heterocycles. The topological polar surface area (TPSA) is 96.5 Å². The first-order valence-electron chi connectivity index (χ1n) is 7.54. The molecule has 1 aromatic carbocycles. The van der Waals surface area contributed by atoms with Crippen LogP contribution in [0, 0.1) is 6.92 Å².